The van der Waals surface area contributed by atoms with Gasteiger partial charge >= 0.3 is 5.97 Å². The zero-order valence-corrected chi connectivity index (χ0v) is 16.1. The summed E-state index contributed by atoms with van der Waals surface area (Å²) in [4.78, 5) is 25.1. The number of carbonyl (C=O) groups is 2. The van der Waals surface area contributed by atoms with Gasteiger partial charge in [-0.2, -0.15) is 0 Å². The number of aliphatic carboxylic acids is 1. The summed E-state index contributed by atoms with van der Waals surface area (Å²) in [7, 11) is 2.05. The molecule has 0 saturated carbocycles. The number of rotatable bonds is 2. The van der Waals surface area contributed by atoms with E-state index in [1.165, 1.54) is 34.2 Å². The van der Waals surface area contributed by atoms with Crippen molar-refractivity contribution in [3.05, 3.63) is 89.2 Å². The minimum atomic E-state index is -1.20. The molecule has 0 spiro atoms. The summed E-state index contributed by atoms with van der Waals surface area (Å²) >= 11 is 0. The van der Waals surface area contributed by atoms with Crippen molar-refractivity contribution in [3.63, 3.8) is 0 Å². The highest BCUT2D eigenvalue weighted by Gasteiger charge is 2.39. The van der Waals surface area contributed by atoms with E-state index in [0.717, 1.165) is 5.70 Å². The van der Waals surface area contributed by atoms with Crippen LogP contribution in [0.5, 0.6) is 0 Å². The van der Waals surface area contributed by atoms with Crippen LogP contribution in [0.3, 0.4) is 0 Å². The zero-order chi connectivity index (χ0) is 20.1. The normalized spacial score (nSPS) is 20.8. The molecule has 0 atom stereocenters. The molecule has 4 rings (SSSR count). The highest BCUT2D eigenvalue weighted by atomic mass is 16.4. The maximum absolute atomic E-state index is 11.7. The first-order chi connectivity index (χ1) is 13.3. The SMILES string of the molecule is CN1C(=CC=C2C=CC(=O)C(C(=O)O)=C2)C(C)(C)c2c1ccc1ccccc21. The number of hydrogen-bond donors (Lipinski definition) is 1. The molecule has 4 nitrogen and oxygen atoms in total. The van der Waals surface area contributed by atoms with Crippen LogP contribution < -0.4 is 4.90 Å². The number of likely N-dealkylation sites (N-methyl/N-ethyl adjacent to an activating group) is 1. The molecule has 2 aliphatic rings. The number of ketones is 1. The Morgan fingerprint density at radius 3 is 2.57 bits per heavy atom. The van der Waals surface area contributed by atoms with Gasteiger partial charge in [0.05, 0.1) is 0 Å². The fraction of sp³-hybridized carbons (Fsp3) is 0.167. The zero-order valence-electron chi connectivity index (χ0n) is 16.1. The van der Waals surface area contributed by atoms with Crippen molar-refractivity contribution in [2.45, 2.75) is 19.3 Å². The number of nitrogens with zero attached hydrogens (tertiary/aromatic N) is 1. The molecule has 1 N–H and O–H groups in total. The molecular weight excluding hydrogens is 350 g/mol. The van der Waals surface area contributed by atoms with E-state index < -0.39 is 11.8 Å². The first kappa shape index (κ1) is 18.0. The molecule has 2 aromatic rings. The van der Waals surface area contributed by atoms with Crippen LogP contribution in [0, 0.1) is 0 Å². The molecule has 0 saturated heterocycles. The Labute approximate surface area is 163 Å². The average Bonchev–Trinajstić information content (AvgIpc) is 2.87. The molecule has 0 bridgehead atoms. The van der Waals surface area contributed by atoms with E-state index in [2.05, 4.69) is 49.1 Å². The van der Waals surface area contributed by atoms with Crippen LogP contribution in [0.2, 0.25) is 0 Å². The van der Waals surface area contributed by atoms with E-state index in [1.807, 2.05) is 25.3 Å². The van der Waals surface area contributed by atoms with Crippen LogP contribution >= 0.6 is 0 Å². The van der Waals surface area contributed by atoms with Crippen molar-refractivity contribution in [1.29, 1.82) is 0 Å². The van der Waals surface area contributed by atoms with Crippen LogP contribution in [0.25, 0.3) is 10.8 Å². The van der Waals surface area contributed by atoms with Crippen LogP contribution in [0.1, 0.15) is 19.4 Å². The van der Waals surface area contributed by atoms with Crippen molar-refractivity contribution >= 4 is 28.2 Å². The van der Waals surface area contributed by atoms with Gasteiger partial charge in [-0.15, -0.1) is 0 Å². The molecule has 28 heavy (non-hydrogen) atoms. The third-order valence-electron chi connectivity index (χ3n) is 5.56. The Morgan fingerprint density at radius 2 is 1.82 bits per heavy atom. The van der Waals surface area contributed by atoms with Gasteiger partial charge in [0, 0.05) is 23.8 Å². The quantitative estimate of drug-likeness (QED) is 0.788. The lowest BCUT2D eigenvalue weighted by Crippen LogP contribution is -2.22. The number of carboxylic acids is 1. The summed E-state index contributed by atoms with van der Waals surface area (Å²) < 4.78 is 0. The van der Waals surface area contributed by atoms with Crippen LogP contribution in [0.4, 0.5) is 5.69 Å². The lowest BCUT2D eigenvalue weighted by Gasteiger charge is -2.24. The Bertz CT molecular complexity index is 1150. The van der Waals surface area contributed by atoms with Crippen molar-refractivity contribution in [2.24, 2.45) is 0 Å². The number of carbonyl (C=O) groups excluding carboxylic acids is 1. The van der Waals surface area contributed by atoms with Gasteiger partial charge in [-0.05, 0) is 46.2 Å². The summed E-state index contributed by atoms with van der Waals surface area (Å²) in [5.41, 5.74) is 3.84. The van der Waals surface area contributed by atoms with E-state index in [9.17, 15) is 14.7 Å². The van der Waals surface area contributed by atoms with Gasteiger partial charge < -0.3 is 10.0 Å². The summed E-state index contributed by atoms with van der Waals surface area (Å²) in [5.74, 6) is -1.68. The molecule has 0 radical (unpaired) electrons. The van der Waals surface area contributed by atoms with Gasteiger partial charge in [0.15, 0.2) is 5.78 Å². The van der Waals surface area contributed by atoms with E-state index in [-0.39, 0.29) is 11.0 Å². The standard InChI is InChI=1S/C24H21NO3/c1-24(2)21(13-9-15-8-12-20(26)18(14-15)23(27)28)25(3)19-11-10-16-6-4-5-7-17(16)22(19)24/h4-14H,1-3H3,(H,27,28). The van der Waals surface area contributed by atoms with Gasteiger partial charge in [-0.3, -0.25) is 4.79 Å². The van der Waals surface area contributed by atoms with E-state index in [4.69, 9.17) is 0 Å². The molecule has 1 aliphatic heterocycles. The van der Waals surface area contributed by atoms with Crippen LogP contribution in [0.15, 0.2) is 83.6 Å². The van der Waals surface area contributed by atoms with Crippen molar-refractivity contribution in [2.75, 3.05) is 11.9 Å². The molecule has 1 aliphatic carbocycles. The molecular formula is C24H21NO3. The second-order valence-corrected chi connectivity index (χ2v) is 7.64. The van der Waals surface area contributed by atoms with Crippen molar-refractivity contribution < 1.29 is 14.7 Å². The number of carboxylic acid groups (broad SMARTS) is 1. The summed E-state index contributed by atoms with van der Waals surface area (Å²) in [6, 6.07) is 12.7. The number of fused-ring (bicyclic) bond motifs is 3. The largest absolute Gasteiger partial charge is 0.478 e. The molecule has 2 aromatic carbocycles. The maximum atomic E-state index is 11.7. The minimum absolute atomic E-state index is 0.208. The monoisotopic (exact) mass is 371 g/mol. The topological polar surface area (TPSA) is 57.6 Å². The smallest absolute Gasteiger partial charge is 0.339 e. The maximum Gasteiger partial charge on any atom is 0.339 e. The summed E-state index contributed by atoms with van der Waals surface area (Å²) in [6.07, 6.45) is 8.26. The fourth-order valence-electron chi connectivity index (χ4n) is 4.19. The van der Waals surface area contributed by atoms with Gasteiger partial charge in [0.2, 0.25) is 0 Å². The predicted molar refractivity (Wildman–Crippen MR) is 111 cm³/mol. The van der Waals surface area contributed by atoms with Gasteiger partial charge in [-0.25, -0.2) is 4.79 Å². The number of benzene rings is 2. The molecule has 0 amide bonds. The van der Waals surface area contributed by atoms with Gasteiger partial charge in [-0.1, -0.05) is 56.3 Å². The average molecular weight is 371 g/mol. The summed E-state index contributed by atoms with van der Waals surface area (Å²) in [6.45, 7) is 4.40. The molecule has 4 heteroatoms. The van der Waals surface area contributed by atoms with E-state index >= 15 is 0 Å². The minimum Gasteiger partial charge on any atom is -0.478 e. The molecule has 0 fully saturated rings. The molecule has 1 heterocycles. The second-order valence-electron chi connectivity index (χ2n) is 7.64. The lowest BCUT2D eigenvalue weighted by atomic mass is 9.81. The molecule has 0 unspecified atom stereocenters. The Kier molecular flexibility index (Phi) is 4.07. The van der Waals surface area contributed by atoms with E-state index in [1.54, 1.807) is 6.08 Å². The van der Waals surface area contributed by atoms with Gasteiger partial charge in [0.1, 0.15) is 5.57 Å². The molecule has 0 aromatic heterocycles. The van der Waals surface area contributed by atoms with Gasteiger partial charge in [0.25, 0.3) is 0 Å². The Balaban J connectivity index is 1.81. The fourth-order valence-corrected chi connectivity index (χ4v) is 4.19. The predicted octanol–water partition coefficient (Wildman–Crippen LogP) is 4.53. The number of allylic oxidation sites excluding steroid dienone is 7. The van der Waals surface area contributed by atoms with Crippen LogP contribution in [-0.2, 0) is 15.0 Å². The second kappa shape index (κ2) is 6.34. The summed E-state index contributed by atoms with van der Waals surface area (Å²) in [5, 5.41) is 11.6. The number of hydrogen-bond acceptors (Lipinski definition) is 3. The van der Waals surface area contributed by atoms with Crippen molar-refractivity contribution in [3.8, 4) is 0 Å². The first-order valence-electron chi connectivity index (χ1n) is 9.16. The molecule has 140 valence electrons. The third-order valence-corrected chi connectivity index (χ3v) is 5.56. The first-order valence-corrected chi connectivity index (χ1v) is 9.16. The Morgan fingerprint density at radius 1 is 1.07 bits per heavy atom. The highest BCUT2D eigenvalue weighted by Crippen LogP contribution is 2.49. The third kappa shape index (κ3) is 2.69. The number of anilines is 1. The van der Waals surface area contributed by atoms with Crippen molar-refractivity contribution in [1.82, 2.24) is 0 Å². The highest BCUT2D eigenvalue weighted by molar-refractivity contribution is 6.22. The van der Waals surface area contributed by atoms with Crippen LogP contribution in [-0.4, -0.2) is 23.9 Å². The lowest BCUT2D eigenvalue weighted by molar-refractivity contribution is -0.134. The Hall–Kier alpha value is -3.40. The van der Waals surface area contributed by atoms with E-state index in [0.29, 0.717) is 5.57 Å².